The van der Waals surface area contributed by atoms with Crippen LogP contribution in [0.15, 0.2) is 70.3 Å². The van der Waals surface area contributed by atoms with Gasteiger partial charge in [-0.3, -0.25) is 9.59 Å². The minimum absolute atomic E-state index is 0. The third kappa shape index (κ3) is 10.2. The average Bonchev–Trinajstić information content (AvgIpc) is 3.06. The SMILES string of the molecule is C.C.Cc1c(OCC(O)C[N+](C)(C)C)cc2c(=O)c3ccccc3sc2c1C.Cc1c(OCC(O)C[N+](C)(C)C)cc2c(=O)c3ccccc3sc2c1C. The van der Waals surface area contributed by atoms with Crippen LogP contribution in [-0.4, -0.2) is 100.0 Å². The van der Waals surface area contributed by atoms with E-state index in [-0.39, 0.29) is 38.9 Å². The van der Waals surface area contributed by atoms with Crippen molar-refractivity contribution in [3.8, 4) is 11.5 Å². The number of ether oxygens (including phenoxy) is 2. The summed E-state index contributed by atoms with van der Waals surface area (Å²) in [5.41, 5.74) is 4.23. The minimum atomic E-state index is -0.559. The first kappa shape index (κ1) is 44.5. The zero-order valence-corrected chi connectivity index (χ0v) is 33.6. The predicted molar refractivity (Wildman–Crippen MR) is 232 cm³/mol. The van der Waals surface area contributed by atoms with Gasteiger partial charge in [0, 0.05) is 40.3 Å². The standard InChI is InChI=1S/2C21H26NO3S.2CH4/c2*1-13-14(2)21-17(20(24)16-8-6-7-9-19(16)26-21)10-18(13)25-12-15(23)11-22(3,4)5;;/h2*6-10,15,23H,11-12H2,1-5H3;2*1H4/q2*+1;;. The molecule has 0 aliphatic rings. The van der Waals surface area contributed by atoms with Crippen LogP contribution in [0.25, 0.3) is 40.3 Å². The van der Waals surface area contributed by atoms with E-state index in [1.807, 2.05) is 131 Å². The number of likely N-dealkylation sites (N-methyl/N-ethyl adjacent to an activating group) is 2. The summed E-state index contributed by atoms with van der Waals surface area (Å²) in [6.07, 6.45) is -1.12. The van der Waals surface area contributed by atoms with Gasteiger partial charge in [0.15, 0.2) is 10.9 Å². The van der Waals surface area contributed by atoms with E-state index in [1.165, 1.54) is 0 Å². The maximum absolute atomic E-state index is 12.9. The van der Waals surface area contributed by atoms with Gasteiger partial charge in [0.2, 0.25) is 0 Å². The monoisotopic (exact) mass is 776 g/mol. The smallest absolute Gasteiger partial charge is 0.196 e. The van der Waals surface area contributed by atoms with Gasteiger partial charge in [0.05, 0.1) is 42.3 Å². The summed E-state index contributed by atoms with van der Waals surface area (Å²) in [7, 11) is 12.2. The van der Waals surface area contributed by atoms with Crippen LogP contribution in [0.3, 0.4) is 0 Å². The van der Waals surface area contributed by atoms with Crippen LogP contribution >= 0.6 is 22.7 Å². The van der Waals surface area contributed by atoms with Crippen molar-refractivity contribution in [3.63, 3.8) is 0 Å². The van der Waals surface area contributed by atoms with Gasteiger partial charge < -0.3 is 28.7 Å². The maximum Gasteiger partial charge on any atom is 0.196 e. The number of aliphatic hydroxyl groups excluding tert-OH is 2. The van der Waals surface area contributed by atoms with E-state index in [0.29, 0.717) is 44.3 Å². The Morgan fingerprint density at radius 3 is 1.22 bits per heavy atom. The first-order valence-corrected chi connectivity index (χ1v) is 19.1. The van der Waals surface area contributed by atoms with E-state index in [1.54, 1.807) is 22.7 Å². The van der Waals surface area contributed by atoms with Crippen LogP contribution in [0.1, 0.15) is 37.1 Å². The van der Waals surface area contributed by atoms with Gasteiger partial charge in [-0.15, -0.1) is 22.7 Å². The van der Waals surface area contributed by atoms with Gasteiger partial charge in [0.25, 0.3) is 0 Å². The zero-order valence-electron chi connectivity index (χ0n) is 32.0. The maximum atomic E-state index is 12.9. The van der Waals surface area contributed by atoms with Crippen molar-refractivity contribution >= 4 is 63.0 Å². The highest BCUT2D eigenvalue weighted by Gasteiger charge is 2.20. The van der Waals surface area contributed by atoms with Crippen LogP contribution in [0.5, 0.6) is 11.5 Å². The molecule has 2 atom stereocenters. The Morgan fingerprint density at radius 2 is 0.889 bits per heavy atom. The Balaban J connectivity index is 0.000000280. The molecule has 2 unspecified atom stereocenters. The lowest BCUT2D eigenvalue weighted by Gasteiger charge is -2.27. The summed E-state index contributed by atoms with van der Waals surface area (Å²) >= 11 is 3.28. The highest BCUT2D eigenvalue weighted by molar-refractivity contribution is 7.25. The lowest BCUT2D eigenvalue weighted by molar-refractivity contribution is -0.873. The molecule has 0 radical (unpaired) electrons. The molecule has 10 heteroatoms. The second kappa shape index (κ2) is 17.7. The molecular formula is C44H60N2O6S2+2. The molecule has 6 rings (SSSR count). The number of nitrogens with zero attached hydrogens (tertiary/aromatic N) is 2. The highest BCUT2D eigenvalue weighted by Crippen LogP contribution is 2.35. The second-order valence-corrected chi connectivity index (χ2v) is 17.8. The van der Waals surface area contributed by atoms with Gasteiger partial charge >= 0.3 is 0 Å². The number of hydrogen-bond acceptors (Lipinski definition) is 8. The summed E-state index contributed by atoms with van der Waals surface area (Å²) in [5.74, 6) is 1.35. The molecule has 0 bridgehead atoms. The number of aliphatic hydroxyl groups is 2. The molecule has 0 fully saturated rings. The van der Waals surface area contributed by atoms with Gasteiger partial charge in [-0.2, -0.15) is 0 Å². The topological polar surface area (TPSA) is 93.1 Å². The zero-order chi connectivity index (χ0) is 38.1. The third-order valence-corrected chi connectivity index (χ3v) is 11.8. The molecule has 8 nitrogen and oxygen atoms in total. The van der Waals surface area contributed by atoms with E-state index in [0.717, 1.165) is 51.8 Å². The fourth-order valence-corrected chi connectivity index (χ4v) is 8.77. The Hall–Kier alpha value is -3.90. The van der Waals surface area contributed by atoms with E-state index in [9.17, 15) is 19.8 Å². The van der Waals surface area contributed by atoms with E-state index in [2.05, 4.69) is 0 Å². The van der Waals surface area contributed by atoms with E-state index < -0.39 is 12.2 Å². The van der Waals surface area contributed by atoms with Crippen LogP contribution in [0.4, 0.5) is 0 Å². The number of aryl methyl sites for hydroxylation is 2. The van der Waals surface area contributed by atoms with Gasteiger partial charge in [-0.1, -0.05) is 39.1 Å². The molecule has 2 aromatic heterocycles. The Labute approximate surface area is 328 Å². The molecule has 54 heavy (non-hydrogen) atoms. The predicted octanol–water partition coefficient (Wildman–Crippen LogP) is 8.23. The quantitative estimate of drug-likeness (QED) is 0.108. The molecule has 2 N–H and O–H groups in total. The van der Waals surface area contributed by atoms with Gasteiger partial charge in [0.1, 0.15) is 50.0 Å². The van der Waals surface area contributed by atoms with Crippen molar-refractivity contribution in [3.05, 3.63) is 103 Å². The van der Waals surface area contributed by atoms with Crippen molar-refractivity contribution in [2.24, 2.45) is 0 Å². The molecule has 6 aromatic rings. The van der Waals surface area contributed by atoms with Crippen molar-refractivity contribution in [1.29, 1.82) is 0 Å². The fourth-order valence-electron chi connectivity index (χ4n) is 6.36. The molecule has 2 heterocycles. The number of rotatable bonds is 10. The third-order valence-electron chi connectivity index (χ3n) is 9.14. The molecule has 0 aliphatic carbocycles. The fraction of sp³-hybridized carbons (Fsp3) is 0.409. The van der Waals surface area contributed by atoms with Crippen LogP contribution in [-0.2, 0) is 0 Å². The Bertz CT molecular complexity index is 2200. The van der Waals surface area contributed by atoms with Crippen LogP contribution in [0, 0.1) is 27.7 Å². The molecule has 0 amide bonds. The van der Waals surface area contributed by atoms with Crippen LogP contribution < -0.4 is 20.3 Å². The van der Waals surface area contributed by atoms with Crippen molar-refractivity contribution in [1.82, 2.24) is 0 Å². The lowest BCUT2D eigenvalue weighted by Crippen LogP contribution is -2.43. The van der Waals surface area contributed by atoms with Crippen LogP contribution in [0.2, 0.25) is 0 Å². The first-order valence-electron chi connectivity index (χ1n) is 17.5. The lowest BCUT2D eigenvalue weighted by atomic mass is 10.1. The van der Waals surface area contributed by atoms with Crippen molar-refractivity contribution in [2.45, 2.75) is 54.8 Å². The number of benzene rings is 4. The molecule has 4 aromatic carbocycles. The van der Waals surface area contributed by atoms with Crippen molar-refractivity contribution in [2.75, 3.05) is 68.6 Å². The number of hydrogen-bond donors (Lipinski definition) is 2. The van der Waals surface area contributed by atoms with E-state index >= 15 is 0 Å². The Morgan fingerprint density at radius 1 is 0.556 bits per heavy atom. The molecule has 0 saturated carbocycles. The van der Waals surface area contributed by atoms with E-state index in [4.69, 9.17) is 9.47 Å². The second-order valence-electron chi connectivity index (χ2n) is 15.7. The summed E-state index contributed by atoms with van der Waals surface area (Å²) in [4.78, 5) is 25.9. The number of quaternary nitrogens is 2. The minimum Gasteiger partial charge on any atom is -0.490 e. The molecule has 292 valence electrons. The average molecular weight is 777 g/mol. The highest BCUT2D eigenvalue weighted by atomic mass is 32.1. The molecule has 0 saturated heterocycles. The molecular weight excluding hydrogens is 717 g/mol. The summed E-state index contributed by atoms with van der Waals surface area (Å²) in [6.45, 7) is 9.69. The largest absolute Gasteiger partial charge is 0.490 e. The molecule has 0 aliphatic heterocycles. The number of fused-ring (bicyclic) bond motifs is 4. The molecule has 0 spiro atoms. The summed E-state index contributed by atoms with van der Waals surface area (Å²) in [6, 6.07) is 19.1. The van der Waals surface area contributed by atoms with Gasteiger partial charge in [-0.05, 0) is 86.3 Å². The summed E-state index contributed by atoms with van der Waals surface area (Å²) in [5, 5.41) is 23.3. The Kier molecular flexibility index (Phi) is 14.6. The summed E-state index contributed by atoms with van der Waals surface area (Å²) < 4.78 is 17.2. The first-order chi connectivity index (χ1) is 24.3. The normalized spacial score (nSPS) is 12.8. The van der Waals surface area contributed by atoms with Crippen molar-refractivity contribution < 1.29 is 28.7 Å². The van der Waals surface area contributed by atoms with Gasteiger partial charge in [-0.25, -0.2) is 0 Å².